The highest BCUT2D eigenvalue weighted by atomic mass is 32.1. The summed E-state index contributed by atoms with van der Waals surface area (Å²) < 4.78 is 5.00. The molecule has 0 aliphatic carbocycles. The minimum Gasteiger partial charge on any atom is -0.463 e. The molecule has 0 atom stereocenters. The van der Waals surface area contributed by atoms with E-state index < -0.39 is 0 Å². The third-order valence-corrected chi connectivity index (χ3v) is 4.18. The van der Waals surface area contributed by atoms with Crippen molar-refractivity contribution in [3.63, 3.8) is 0 Å². The lowest BCUT2D eigenvalue weighted by atomic mass is 10.2. The van der Waals surface area contributed by atoms with Gasteiger partial charge in [-0.1, -0.05) is 30.3 Å². The monoisotopic (exact) mass is 343 g/mol. The first-order valence-electron chi connectivity index (χ1n) is 7.85. The zero-order chi connectivity index (χ0) is 17.4. The van der Waals surface area contributed by atoms with Crippen LogP contribution in [0.4, 0.5) is 0 Å². The van der Waals surface area contributed by atoms with Crippen molar-refractivity contribution in [2.45, 2.75) is 26.4 Å². The number of carbonyl (C=O) groups is 2. The van der Waals surface area contributed by atoms with Crippen LogP contribution in [0.15, 0.2) is 48.5 Å². The summed E-state index contributed by atoms with van der Waals surface area (Å²) in [5.74, 6) is -0.526. The van der Waals surface area contributed by atoms with Crippen LogP contribution in [-0.4, -0.2) is 24.5 Å². The summed E-state index contributed by atoms with van der Waals surface area (Å²) in [5, 5.41) is 2.67. The molecule has 4 nitrogen and oxygen atoms in total. The van der Waals surface area contributed by atoms with Gasteiger partial charge in [-0.15, -0.1) is 11.3 Å². The van der Waals surface area contributed by atoms with Gasteiger partial charge in [-0.2, -0.15) is 0 Å². The second kappa shape index (κ2) is 9.03. The quantitative estimate of drug-likeness (QED) is 0.613. The normalized spacial score (nSPS) is 11.0. The van der Waals surface area contributed by atoms with Gasteiger partial charge in [-0.25, -0.2) is 0 Å². The van der Waals surface area contributed by atoms with Gasteiger partial charge in [0.15, 0.2) is 0 Å². The number of nitrogens with one attached hydrogen (secondary N) is 1. The zero-order valence-corrected chi connectivity index (χ0v) is 14.6. The number of thiophene rings is 1. The van der Waals surface area contributed by atoms with Crippen molar-refractivity contribution in [2.75, 3.05) is 6.54 Å². The number of hydrogen-bond acceptors (Lipinski definition) is 4. The van der Waals surface area contributed by atoms with Crippen molar-refractivity contribution >= 4 is 29.3 Å². The van der Waals surface area contributed by atoms with Crippen LogP contribution in [0.2, 0.25) is 0 Å². The van der Waals surface area contributed by atoms with Gasteiger partial charge in [0, 0.05) is 22.4 Å². The Morgan fingerprint density at radius 3 is 2.62 bits per heavy atom. The zero-order valence-electron chi connectivity index (χ0n) is 13.8. The van der Waals surface area contributed by atoms with E-state index in [4.69, 9.17) is 4.74 Å². The molecule has 0 saturated carbocycles. The first kappa shape index (κ1) is 17.9. The van der Waals surface area contributed by atoms with E-state index in [-0.39, 0.29) is 30.9 Å². The average Bonchev–Trinajstić information content (AvgIpc) is 3.02. The molecule has 2 rings (SSSR count). The molecule has 0 bridgehead atoms. The molecular weight excluding hydrogens is 322 g/mol. The van der Waals surface area contributed by atoms with E-state index in [1.165, 1.54) is 6.08 Å². The average molecular weight is 343 g/mol. The van der Waals surface area contributed by atoms with Gasteiger partial charge in [0.25, 0.3) is 0 Å². The van der Waals surface area contributed by atoms with Crippen LogP contribution in [0.1, 0.15) is 25.1 Å². The fourth-order valence-electron chi connectivity index (χ4n) is 2.03. The molecule has 2 aromatic rings. The Hall–Kier alpha value is -2.40. The minimum absolute atomic E-state index is 0.134. The molecule has 5 heteroatoms. The molecular formula is C19H21NO3S. The highest BCUT2D eigenvalue weighted by Crippen LogP contribution is 2.28. The van der Waals surface area contributed by atoms with Crippen LogP contribution in [0.3, 0.4) is 0 Å². The Balaban J connectivity index is 1.80. The Morgan fingerprint density at radius 1 is 1.17 bits per heavy atom. The van der Waals surface area contributed by atoms with Gasteiger partial charge < -0.3 is 10.1 Å². The van der Waals surface area contributed by atoms with Crippen molar-refractivity contribution in [2.24, 2.45) is 0 Å². The standard InChI is InChI=1S/C19H21NO3S/c1-14(2)23-19(22)12-13-20-18(21)11-9-16-8-10-17(24-16)15-6-4-3-5-7-15/h3-11,14H,12-13H2,1-2H3,(H,20,21)/b11-9+. The molecule has 1 N–H and O–H groups in total. The summed E-state index contributed by atoms with van der Waals surface area (Å²) in [7, 11) is 0. The number of esters is 1. The van der Waals surface area contributed by atoms with Crippen LogP contribution in [-0.2, 0) is 14.3 Å². The van der Waals surface area contributed by atoms with Crippen LogP contribution >= 0.6 is 11.3 Å². The lowest BCUT2D eigenvalue weighted by Crippen LogP contribution is -2.25. The predicted molar refractivity (Wildman–Crippen MR) is 97.6 cm³/mol. The molecule has 0 aliphatic rings. The molecule has 0 saturated heterocycles. The highest BCUT2D eigenvalue weighted by Gasteiger charge is 2.06. The number of benzene rings is 1. The lowest BCUT2D eigenvalue weighted by molar-refractivity contribution is -0.147. The van der Waals surface area contributed by atoms with Gasteiger partial charge in [-0.05, 0) is 37.6 Å². The molecule has 0 radical (unpaired) electrons. The fourth-order valence-corrected chi connectivity index (χ4v) is 2.94. The second-order valence-corrected chi connectivity index (χ2v) is 6.60. The summed E-state index contributed by atoms with van der Waals surface area (Å²) >= 11 is 1.62. The molecule has 0 unspecified atom stereocenters. The Kier molecular flexibility index (Phi) is 6.75. The van der Waals surface area contributed by atoms with Gasteiger partial charge in [0.05, 0.1) is 12.5 Å². The van der Waals surface area contributed by atoms with E-state index in [1.54, 1.807) is 31.3 Å². The maximum Gasteiger partial charge on any atom is 0.307 e. The van der Waals surface area contributed by atoms with Crippen molar-refractivity contribution in [1.29, 1.82) is 0 Å². The van der Waals surface area contributed by atoms with Gasteiger partial charge in [0.2, 0.25) is 5.91 Å². The molecule has 1 amide bonds. The second-order valence-electron chi connectivity index (χ2n) is 5.48. The number of amides is 1. The molecule has 1 aromatic carbocycles. The van der Waals surface area contributed by atoms with E-state index >= 15 is 0 Å². The van der Waals surface area contributed by atoms with E-state index in [0.717, 1.165) is 15.3 Å². The maximum absolute atomic E-state index is 11.8. The molecule has 0 aliphatic heterocycles. The van der Waals surface area contributed by atoms with E-state index in [0.29, 0.717) is 0 Å². The number of ether oxygens (including phenoxy) is 1. The largest absolute Gasteiger partial charge is 0.463 e. The van der Waals surface area contributed by atoms with Crippen molar-refractivity contribution < 1.29 is 14.3 Å². The SMILES string of the molecule is CC(C)OC(=O)CCNC(=O)/C=C/c1ccc(-c2ccccc2)s1. The van der Waals surface area contributed by atoms with E-state index in [2.05, 4.69) is 17.4 Å². The summed E-state index contributed by atoms with van der Waals surface area (Å²) in [6.07, 6.45) is 3.30. The van der Waals surface area contributed by atoms with Crippen molar-refractivity contribution in [3.8, 4) is 10.4 Å². The summed E-state index contributed by atoms with van der Waals surface area (Å²) in [5.41, 5.74) is 1.16. The summed E-state index contributed by atoms with van der Waals surface area (Å²) in [6.45, 7) is 3.86. The molecule has 0 spiro atoms. The number of rotatable bonds is 7. The van der Waals surface area contributed by atoms with E-state index in [1.807, 2.05) is 30.3 Å². The Bertz CT molecular complexity index is 704. The molecule has 24 heavy (non-hydrogen) atoms. The highest BCUT2D eigenvalue weighted by molar-refractivity contribution is 7.16. The smallest absolute Gasteiger partial charge is 0.307 e. The predicted octanol–water partition coefficient (Wildman–Crippen LogP) is 3.89. The van der Waals surface area contributed by atoms with Crippen LogP contribution in [0.25, 0.3) is 16.5 Å². The number of carbonyl (C=O) groups excluding carboxylic acids is 2. The minimum atomic E-state index is -0.306. The molecule has 1 heterocycles. The summed E-state index contributed by atoms with van der Waals surface area (Å²) in [4.78, 5) is 25.3. The molecule has 1 aromatic heterocycles. The summed E-state index contributed by atoms with van der Waals surface area (Å²) in [6, 6.07) is 14.1. The maximum atomic E-state index is 11.8. The van der Waals surface area contributed by atoms with Crippen molar-refractivity contribution in [1.82, 2.24) is 5.32 Å². The van der Waals surface area contributed by atoms with Crippen LogP contribution < -0.4 is 5.32 Å². The van der Waals surface area contributed by atoms with Crippen molar-refractivity contribution in [3.05, 3.63) is 53.4 Å². The third-order valence-electron chi connectivity index (χ3n) is 3.08. The first-order valence-corrected chi connectivity index (χ1v) is 8.67. The third kappa shape index (κ3) is 6.01. The van der Waals surface area contributed by atoms with Gasteiger partial charge in [0.1, 0.15) is 0 Å². The lowest BCUT2D eigenvalue weighted by Gasteiger charge is -2.07. The molecule has 0 fully saturated rings. The fraction of sp³-hybridized carbons (Fsp3) is 0.263. The Labute approximate surface area is 146 Å². The van der Waals surface area contributed by atoms with E-state index in [9.17, 15) is 9.59 Å². The van der Waals surface area contributed by atoms with Gasteiger partial charge >= 0.3 is 5.97 Å². The first-order chi connectivity index (χ1) is 11.5. The topological polar surface area (TPSA) is 55.4 Å². The Morgan fingerprint density at radius 2 is 1.92 bits per heavy atom. The number of hydrogen-bond donors (Lipinski definition) is 1. The van der Waals surface area contributed by atoms with Gasteiger partial charge in [-0.3, -0.25) is 9.59 Å². The molecule has 126 valence electrons. The van der Waals surface area contributed by atoms with Crippen LogP contribution in [0.5, 0.6) is 0 Å². The van der Waals surface area contributed by atoms with Crippen LogP contribution in [0, 0.1) is 0 Å².